The van der Waals surface area contributed by atoms with Gasteiger partial charge in [0.05, 0.1) is 5.92 Å². The van der Waals surface area contributed by atoms with E-state index in [1.54, 1.807) is 6.92 Å². The molecular weight excluding hydrogens is 350 g/mol. The summed E-state index contributed by atoms with van der Waals surface area (Å²) in [5.41, 5.74) is 6.56. The van der Waals surface area contributed by atoms with Crippen LogP contribution in [0, 0.1) is 0 Å². The Morgan fingerprint density at radius 2 is 1.50 bits per heavy atom. The van der Waals surface area contributed by atoms with Crippen molar-refractivity contribution in [3.63, 3.8) is 0 Å². The standard InChI is InChI=1S/C19H21N3O3S/c1-2-25-13-16(23)21-22-19(26)20-18(24)17(14-9-5-3-6-10-14)15-11-7-4-8-12-15/h3-12,17H,2,13H2,1H3,(H,21,23)(H2,20,22,24,26). The summed E-state index contributed by atoms with van der Waals surface area (Å²) in [4.78, 5) is 24.3. The molecule has 0 aliphatic carbocycles. The molecule has 0 unspecified atom stereocenters. The number of benzene rings is 2. The first-order valence-electron chi connectivity index (χ1n) is 8.19. The summed E-state index contributed by atoms with van der Waals surface area (Å²) >= 11 is 5.08. The van der Waals surface area contributed by atoms with Gasteiger partial charge in [-0.3, -0.25) is 20.4 Å². The lowest BCUT2D eigenvalue weighted by Crippen LogP contribution is -2.50. The molecule has 6 nitrogen and oxygen atoms in total. The second kappa shape index (κ2) is 10.3. The van der Waals surface area contributed by atoms with Crippen LogP contribution in [0.1, 0.15) is 24.0 Å². The van der Waals surface area contributed by atoms with E-state index in [1.165, 1.54) is 0 Å². The third-order valence-corrected chi connectivity index (χ3v) is 3.72. The van der Waals surface area contributed by atoms with Crippen molar-refractivity contribution >= 4 is 29.1 Å². The van der Waals surface area contributed by atoms with Crippen molar-refractivity contribution in [1.82, 2.24) is 16.2 Å². The van der Waals surface area contributed by atoms with E-state index in [2.05, 4.69) is 16.2 Å². The molecule has 0 saturated carbocycles. The van der Waals surface area contributed by atoms with Crippen LogP contribution in [0.2, 0.25) is 0 Å². The van der Waals surface area contributed by atoms with Gasteiger partial charge >= 0.3 is 0 Å². The van der Waals surface area contributed by atoms with Crippen molar-refractivity contribution in [2.24, 2.45) is 0 Å². The van der Waals surface area contributed by atoms with Crippen LogP contribution < -0.4 is 16.2 Å². The normalized spacial score (nSPS) is 10.2. The third kappa shape index (κ3) is 5.94. The number of carbonyl (C=O) groups is 2. The second-order valence-corrected chi connectivity index (χ2v) is 5.79. The minimum atomic E-state index is -0.517. The minimum Gasteiger partial charge on any atom is -0.372 e. The zero-order valence-corrected chi connectivity index (χ0v) is 15.2. The molecule has 3 N–H and O–H groups in total. The van der Waals surface area contributed by atoms with Crippen LogP contribution in [0.3, 0.4) is 0 Å². The van der Waals surface area contributed by atoms with Crippen LogP contribution in [-0.4, -0.2) is 30.1 Å². The molecule has 0 fully saturated rings. The van der Waals surface area contributed by atoms with Crippen molar-refractivity contribution in [3.8, 4) is 0 Å². The van der Waals surface area contributed by atoms with Gasteiger partial charge in [-0.1, -0.05) is 60.7 Å². The summed E-state index contributed by atoms with van der Waals surface area (Å²) < 4.78 is 4.98. The van der Waals surface area contributed by atoms with Gasteiger partial charge in [0.25, 0.3) is 5.91 Å². The number of amides is 2. The molecule has 7 heteroatoms. The summed E-state index contributed by atoms with van der Waals surface area (Å²) in [5, 5.41) is 2.63. The molecular formula is C19H21N3O3S. The number of carbonyl (C=O) groups excluding carboxylic acids is 2. The molecule has 0 aromatic heterocycles. The zero-order chi connectivity index (χ0) is 18.8. The summed E-state index contributed by atoms with van der Waals surface area (Å²) in [6.45, 7) is 2.14. The Labute approximate surface area is 157 Å². The first-order chi connectivity index (χ1) is 12.6. The van der Waals surface area contributed by atoms with Crippen LogP contribution in [0.25, 0.3) is 0 Å². The van der Waals surface area contributed by atoms with E-state index in [9.17, 15) is 9.59 Å². The van der Waals surface area contributed by atoms with Gasteiger partial charge in [0.15, 0.2) is 5.11 Å². The Morgan fingerprint density at radius 1 is 0.962 bits per heavy atom. The number of hydrazine groups is 1. The predicted octanol–water partition coefficient (Wildman–Crippen LogP) is 1.88. The van der Waals surface area contributed by atoms with E-state index < -0.39 is 5.92 Å². The SMILES string of the molecule is CCOCC(=O)NNC(=S)NC(=O)C(c1ccccc1)c1ccccc1. The fraction of sp³-hybridized carbons (Fsp3) is 0.211. The van der Waals surface area contributed by atoms with E-state index in [0.717, 1.165) is 11.1 Å². The maximum atomic E-state index is 12.8. The molecule has 26 heavy (non-hydrogen) atoms. The molecule has 0 aliphatic heterocycles. The Hall–Kier alpha value is -2.77. The topological polar surface area (TPSA) is 79.5 Å². The number of ether oxygens (including phenoxy) is 1. The van der Waals surface area contributed by atoms with E-state index in [4.69, 9.17) is 17.0 Å². The maximum absolute atomic E-state index is 12.8. The van der Waals surface area contributed by atoms with Crippen LogP contribution in [-0.2, 0) is 14.3 Å². The van der Waals surface area contributed by atoms with Crippen molar-refractivity contribution < 1.29 is 14.3 Å². The first-order valence-corrected chi connectivity index (χ1v) is 8.60. The van der Waals surface area contributed by atoms with E-state index >= 15 is 0 Å². The van der Waals surface area contributed by atoms with E-state index in [-0.39, 0.29) is 23.5 Å². The average molecular weight is 371 g/mol. The number of hydrogen-bond donors (Lipinski definition) is 3. The smallest absolute Gasteiger partial charge is 0.264 e. The molecule has 0 atom stereocenters. The van der Waals surface area contributed by atoms with Gasteiger partial charge in [0.2, 0.25) is 5.91 Å². The van der Waals surface area contributed by atoms with Crippen molar-refractivity contribution in [3.05, 3.63) is 71.8 Å². The van der Waals surface area contributed by atoms with Crippen LogP contribution in [0.5, 0.6) is 0 Å². The number of rotatable bonds is 6. The molecule has 2 amide bonds. The van der Waals surface area contributed by atoms with Crippen molar-refractivity contribution in [1.29, 1.82) is 0 Å². The monoisotopic (exact) mass is 371 g/mol. The quantitative estimate of drug-likeness (QED) is 0.534. The van der Waals surface area contributed by atoms with Crippen LogP contribution in [0.15, 0.2) is 60.7 Å². The van der Waals surface area contributed by atoms with Gasteiger partial charge in [0, 0.05) is 6.61 Å². The largest absolute Gasteiger partial charge is 0.372 e. The predicted molar refractivity (Wildman–Crippen MR) is 103 cm³/mol. The molecule has 136 valence electrons. The Bertz CT molecular complexity index is 699. The van der Waals surface area contributed by atoms with Crippen LogP contribution in [0.4, 0.5) is 0 Å². The van der Waals surface area contributed by atoms with Gasteiger partial charge < -0.3 is 10.1 Å². The number of thiocarbonyl (C=S) groups is 1. The summed E-state index contributed by atoms with van der Waals surface area (Å²) in [6, 6.07) is 18.8. The molecule has 0 spiro atoms. The maximum Gasteiger partial charge on any atom is 0.264 e. The lowest BCUT2D eigenvalue weighted by molar-refractivity contribution is -0.126. The van der Waals surface area contributed by atoms with Crippen LogP contribution >= 0.6 is 12.2 Å². The Kier molecular flexibility index (Phi) is 7.73. The van der Waals surface area contributed by atoms with Crippen molar-refractivity contribution in [2.45, 2.75) is 12.8 Å². The minimum absolute atomic E-state index is 0.0108. The fourth-order valence-electron chi connectivity index (χ4n) is 2.36. The molecule has 2 aromatic carbocycles. The average Bonchev–Trinajstić information content (AvgIpc) is 2.66. The zero-order valence-electron chi connectivity index (χ0n) is 14.4. The molecule has 0 heterocycles. The molecule has 2 aromatic rings. The molecule has 0 aliphatic rings. The Balaban J connectivity index is 2.03. The van der Waals surface area contributed by atoms with Crippen molar-refractivity contribution in [2.75, 3.05) is 13.2 Å². The highest BCUT2D eigenvalue weighted by Gasteiger charge is 2.23. The summed E-state index contributed by atoms with van der Waals surface area (Å²) in [6.07, 6.45) is 0. The lowest BCUT2D eigenvalue weighted by Gasteiger charge is -2.18. The highest BCUT2D eigenvalue weighted by molar-refractivity contribution is 7.80. The van der Waals surface area contributed by atoms with Gasteiger partial charge in [-0.2, -0.15) is 0 Å². The summed E-state index contributed by atoms with van der Waals surface area (Å²) in [5.74, 6) is -1.19. The summed E-state index contributed by atoms with van der Waals surface area (Å²) in [7, 11) is 0. The number of hydrogen-bond acceptors (Lipinski definition) is 4. The second-order valence-electron chi connectivity index (χ2n) is 5.38. The molecule has 2 rings (SSSR count). The van der Waals surface area contributed by atoms with Gasteiger partial charge in [-0.25, -0.2) is 0 Å². The number of nitrogens with one attached hydrogen (secondary N) is 3. The highest BCUT2D eigenvalue weighted by Crippen LogP contribution is 2.24. The van der Waals surface area contributed by atoms with E-state index in [0.29, 0.717) is 6.61 Å². The molecule has 0 saturated heterocycles. The van der Waals surface area contributed by atoms with Gasteiger partial charge in [-0.15, -0.1) is 0 Å². The third-order valence-electron chi connectivity index (χ3n) is 3.52. The van der Waals surface area contributed by atoms with E-state index in [1.807, 2.05) is 60.7 Å². The highest BCUT2D eigenvalue weighted by atomic mass is 32.1. The first kappa shape index (κ1) is 19.6. The van der Waals surface area contributed by atoms with Gasteiger partial charge in [-0.05, 0) is 30.3 Å². The lowest BCUT2D eigenvalue weighted by atomic mass is 9.90. The fourth-order valence-corrected chi connectivity index (χ4v) is 2.51. The Morgan fingerprint density at radius 3 is 2.00 bits per heavy atom. The van der Waals surface area contributed by atoms with Gasteiger partial charge in [0.1, 0.15) is 6.61 Å². The molecule has 0 bridgehead atoms. The molecule has 0 radical (unpaired) electrons.